The quantitative estimate of drug-likeness (QED) is 0.640. The van der Waals surface area contributed by atoms with Gasteiger partial charge in [0, 0.05) is 12.1 Å². The molecule has 1 saturated heterocycles. The molecule has 4 rings (SSSR count). The molecular weight excluding hydrogens is 340 g/mol. The first-order chi connectivity index (χ1) is 13.2. The first kappa shape index (κ1) is 18.1. The van der Waals surface area contributed by atoms with Crippen molar-refractivity contribution in [1.82, 2.24) is 10.2 Å². The molecule has 2 fully saturated rings. The average molecular weight is 368 g/mol. The molecule has 1 aliphatic heterocycles. The van der Waals surface area contributed by atoms with E-state index >= 15 is 0 Å². The Kier molecular flexibility index (Phi) is 5.19. The zero-order chi connectivity index (χ0) is 18.8. The molecule has 0 aromatic heterocycles. The fourth-order valence-corrected chi connectivity index (χ4v) is 4.72. The largest absolute Gasteiger partial charge is 0.497 e. The van der Waals surface area contributed by atoms with Crippen LogP contribution in [0, 0.1) is 5.92 Å². The molecule has 1 unspecified atom stereocenters. The van der Waals surface area contributed by atoms with Gasteiger partial charge in [0.2, 0.25) is 11.8 Å². The molecule has 27 heavy (non-hydrogen) atoms. The van der Waals surface area contributed by atoms with E-state index in [0.29, 0.717) is 0 Å². The molecule has 3 aliphatic rings. The Bertz CT molecular complexity index is 722. The summed E-state index contributed by atoms with van der Waals surface area (Å²) in [5.74, 6) is 0.842. The number of nitrogens with zero attached hydrogens (tertiary/aromatic N) is 1. The summed E-state index contributed by atoms with van der Waals surface area (Å²) >= 11 is 0. The van der Waals surface area contributed by atoms with Gasteiger partial charge in [-0.25, -0.2) is 0 Å². The second-order valence-corrected chi connectivity index (χ2v) is 7.88. The zero-order valence-corrected chi connectivity index (χ0v) is 15.9. The summed E-state index contributed by atoms with van der Waals surface area (Å²) in [5, 5.41) is 3.23. The number of methoxy groups -OCH3 is 1. The highest BCUT2D eigenvalue weighted by Gasteiger charge is 2.52. The van der Waals surface area contributed by atoms with Gasteiger partial charge in [-0.1, -0.05) is 43.5 Å². The van der Waals surface area contributed by atoms with Crippen LogP contribution in [0.2, 0.25) is 0 Å². The maximum absolute atomic E-state index is 13.3. The van der Waals surface area contributed by atoms with Gasteiger partial charge in [-0.05, 0) is 43.4 Å². The minimum absolute atomic E-state index is 0.0400. The van der Waals surface area contributed by atoms with Crippen LogP contribution in [0.1, 0.15) is 56.6 Å². The Morgan fingerprint density at radius 2 is 1.81 bits per heavy atom. The molecule has 2 aliphatic carbocycles. The predicted molar refractivity (Wildman–Crippen MR) is 103 cm³/mol. The van der Waals surface area contributed by atoms with Crippen LogP contribution in [-0.4, -0.2) is 35.9 Å². The summed E-state index contributed by atoms with van der Waals surface area (Å²) in [6, 6.07) is 7.33. The highest BCUT2D eigenvalue weighted by Crippen LogP contribution is 2.42. The number of amides is 2. The minimum Gasteiger partial charge on any atom is -0.497 e. The maximum Gasteiger partial charge on any atom is 0.247 e. The highest BCUT2D eigenvalue weighted by molar-refractivity contribution is 5.94. The number of nitrogens with one attached hydrogen (secondary N) is 1. The van der Waals surface area contributed by atoms with Crippen LogP contribution in [0.5, 0.6) is 5.75 Å². The molecule has 2 amide bonds. The molecule has 3 atom stereocenters. The third kappa shape index (κ3) is 3.47. The first-order valence-corrected chi connectivity index (χ1v) is 10.1. The summed E-state index contributed by atoms with van der Waals surface area (Å²) in [4.78, 5) is 27.9. The molecule has 144 valence electrons. The summed E-state index contributed by atoms with van der Waals surface area (Å²) in [5.41, 5.74) is 0.852. The molecule has 1 saturated carbocycles. The summed E-state index contributed by atoms with van der Waals surface area (Å²) < 4.78 is 5.25. The van der Waals surface area contributed by atoms with Gasteiger partial charge < -0.3 is 15.0 Å². The van der Waals surface area contributed by atoms with Crippen molar-refractivity contribution in [3.63, 3.8) is 0 Å². The topological polar surface area (TPSA) is 58.6 Å². The number of β-lactam (4-membered cyclic amide) rings is 1. The monoisotopic (exact) mass is 368 g/mol. The first-order valence-electron chi connectivity index (χ1n) is 10.1. The van der Waals surface area contributed by atoms with Gasteiger partial charge in [-0.15, -0.1) is 0 Å². The SMILES string of the molecule is COc1ccc(C(C(=O)NC2CCCCC2)N2C(=O)[C@@H]3CC=CC[C@@H]32)cc1. The predicted octanol–water partition coefficient (Wildman–Crippen LogP) is 3.36. The van der Waals surface area contributed by atoms with Gasteiger partial charge in [0.05, 0.1) is 13.0 Å². The standard InChI is InChI=1S/C22H28N2O3/c1-27-17-13-11-15(12-14-17)20(21(25)23-16-7-3-2-4-8-16)24-19-10-6-5-9-18(19)22(24)26/h5-6,11-14,16,18-20H,2-4,7-10H2,1H3,(H,23,25)/t18-,19+,20?/m1/s1. The Hall–Kier alpha value is -2.30. The van der Waals surface area contributed by atoms with E-state index in [4.69, 9.17) is 4.74 Å². The van der Waals surface area contributed by atoms with Crippen molar-refractivity contribution in [2.45, 2.75) is 63.1 Å². The van der Waals surface area contributed by atoms with Crippen LogP contribution in [0.15, 0.2) is 36.4 Å². The van der Waals surface area contributed by atoms with Crippen molar-refractivity contribution >= 4 is 11.8 Å². The van der Waals surface area contributed by atoms with Crippen molar-refractivity contribution in [1.29, 1.82) is 0 Å². The van der Waals surface area contributed by atoms with Crippen LogP contribution in [0.3, 0.4) is 0 Å². The highest BCUT2D eigenvalue weighted by atomic mass is 16.5. The lowest BCUT2D eigenvalue weighted by Crippen LogP contribution is -2.64. The van der Waals surface area contributed by atoms with E-state index in [1.54, 1.807) is 7.11 Å². The molecular formula is C22H28N2O3. The lowest BCUT2D eigenvalue weighted by molar-refractivity contribution is -0.165. The Morgan fingerprint density at radius 3 is 2.52 bits per heavy atom. The number of rotatable bonds is 5. The number of ether oxygens (including phenoxy) is 1. The fourth-order valence-electron chi connectivity index (χ4n) is 4.72. The zero-order valence-electron chi connectivity index (χ0n) is 15.9. The second-order valence-electron chi connectivity index (χ2n) is 7.88. The molecule has 5 nitrogen and oxygen atoms in total. The molecule has 0 radical (unpaired) electrons. The van der Waals surface area contributed by atoms with E-state index in [9.17, 15) is 9.59 Å². The Balaban J connectivity index is 1.59. The third-order valence-electron chi connectivity index (χ3n) is 6.24. The van der Waals surface area contributed by atoms with E-state index in [1.165, 1.54) is 6.42 Å². The van der Waals surface area contributed by atoms with Crippen molar-refractivity contribution in [2.24, 2.45) is 5.92 Å². The van der Waals surface area contributed by atoms with E-state index in [1.807, 2.05) is 29.2 Å². The number of likely N-dealkylation sites (tertiary alicyclic amines) is 1. The van der Waals surface area contributed by atoms with Gasteiger partial charge in [0.25, 0.3) is 0 Å². The van der Waals surface area contributed by atoms with E-state index in [-0.39, 0.29) is 29.8 Å². The van der Waals surface area contributed by atoms with Crippen molar-refractivity contribution in [3.8, 4) is 5.75 Å². The molecule has 0 spiro atoms. The Labute approximate surface area is 160 Å². The van der Waals surface area contributed by atoms with Crippen LogP contribution in [-0.2, 0) is 9.59 Å². The molecule has 1 aromatic rings. The van der Waals surface area contributed by atoms with Gasteiger partial charge in [-0.2, -0.15) is 0 Å². The normalized spacial score (nSPS) is 26.1. The number of carbonyl (C=O) groups is 2. The fraction of sp³-hybridized carbons (Fsp3) is 0.545. The van der Waals surface area contributed by atoms with Crippen LogP contribution in [0.4, 0.5) is 0 Å². The number of benzene rings is 1. The lowest BCUT2D eigenvalue weighted by atomic mass is 9.77. The van der Waals surface area contributed by atoms with Crippen molar-refractivity contribution < 1.29 is 14.3 Å². The number of hydrogen-bond acceptors (Lipinski definition) is 3. The van der Waals surface area contributed by atoms with Gasteiger partial charge in [-0.3, -0.25) is 9.59 Å². The van der Waals surface area contributed by atoms with Crippen molar-refractivity contribution in [3.05, 3.63) is 42.0 Å². The lowest BCUT2D eigenvalue weighted by Gasteiger charge is -2.51. The van der Waals surface area contributed by atoms with E-state index in [2.05, 4.69) is 17.5 Å². The molecule has 5 heteroatoms. The molecule has 0 bridgehead atoms. The second kappa shape index (κ2) is 7.75. The van der Waals surface area contributed by atoms with E-state index in [0.717, 1.165) is 49.8 Å². The van der Waals surface area contributed by atoms with Crippen LogP contribution < -0.4 is 10.1 Å². The Morgan fingerprint density at radius 1 is 1.11 bits per heavy atom. The summed E-state index contributed by atoms with van der Waals surface area (Å²) in [6.07, 6.45) is 11.5. The molecule has 1 aromatic carbocycles. The minimum atomic E-state index is -0.557. The number of carbonyl (C=O) groups excluding carboxylic acids is 2. The van der Waals surface area contributed by atoms with Gasteiger partial charge >= 0.3 is 0 Å². The third-order valence-corrected chi connectivity index (χ3v) is 6.24. The van der Waals surface area contributed by atoms with Crippen molar-refractivity contribution in [2.75, 3.05) is 7.11 Å². The number of hydrogen-bond donors (Lipinski definition) is 1. The average Bonchev–Trinajstić information content (AvgIpc) is 2.72. The number of allylic oxidation sites excluding steroid dienone is 1. The van der Waals surface area contributed by atoms with Gasteiger partial charge in [0.1, 0.15) is 11.8 Å². The van der Waals surface area contributed by atoms with Crippen LogP contribution in [0.25, 0.3) is 0 Å². The smallest absolute Gasteiger partial charge is 0.247 e. The maximum atomic E-state index is 13.3. The molecule has 1 heterocycles. The van der Waals surface area contributed by atoms with Gasteiger partial charge in [0.15, 0.2) is 0 Å². The molecule has 1 N–H and O–H groups in total. The van der Waals surface area contributed by atoms with Crippen LogP contribution >= 0.6 is 0 Å². The summed E-state index contributed by atoms with van der Waals surface area (Å²) in [7, 11) is 1.63. The van der Waals surface area contributed by atoms with E-state index < -0.39 is 6.04 Å². The summed E-state index contributed by atoms with van der Waals surface area (Å²) in [6.45, 7) is 0. The number of fused-ring (bicyclic) bond motifs is 1.